The first-order chi connectivity index (χ1) is 13.3. The third-order valence-corrected chi connectivity index (χ3v) is 5.39. The van der Waals surface area contributed by atoms with Crippen molar-refractivity contribution in [3.63, 3.8) is 0 Å². The number of nitrogens with zero attached hydrogens (tertiary/aromatic N) is 2. The average molecular weight is 414 g/mol. The fourth-order valence-corrected chi connectivity index (χ4v) is 3.85. The number of thioether (sulfide) groups is 1. The molecule has 0 bridgehead atoms. The van der Waals surface area contributed by atoms with Gasteiger partial charge in [-0.3, -0.25) is 4.79 Å². The Bertz CT molecular complexity index is 747. The van der Waals surface area contributed by atoms with Crippen LogP contribution in [0.5, 0.6) is 0 Å². The van der Waals surface area contributed by atoms with E-state index in [4.69, 9.17) is 4.74 Å². The zero-order chi connectivity index (χ0) is 20.7. The summed E-state index contributed by atoms with van der Waals surface area (Å²) in [4.78, 5) is 12.7. The summed E-state index contributed by atoms with van der Waals surface area (Å²) in [5.74, 6) is -0.709. The van der Waals surface area contributed by atoms with E-state index in [1.807, 2.05) is 13.8 Å². The Morgan fingerprint density at radius 3 is 2.57 bits per heavy atom. The van der Waals surface area contributed by atoms with Crippen molar-refractivity contribution in [2.45, 2.75) is 45.7 Å². The Kier molecular flexibility index (Phi) is 8.10. The molecule has 1 aliphatic rings. The van der Waals surface area contributed by atoms with Gasteiger partial charge in [0.05, 0.1) is 23.6 Å². The molecular formula is C20H25F3N2O2S. The highest BCUT2D eigenvalue weighted by molar-refractivity contribution is 7.99. The Labute approximate surface area is 167 Å². The molecule has 2 unspecified atom stereocenters. The van der Waals surface area contributed by atoms with Gasteiger partial charge in [-0.2, -0.15) is 35.1 Å². The average Bonchev–Trinajstić information content (AvgIpc) is 2.66. The molecule has 2 atom stereocenters. The van der Waals surface area contributed by atoms with E-state index in [0.29, 0.717) is 30.0 Å². The molecule has 0 fully saturated rings. The van der Waals surface area contributed by atoms with Crippen LogP contribution in [0, 0.1) is 5.92 Å². The summed E-state index contributed by atoms with van der Waals surface area (Å²) < 4.78 is 46.3. The van der Waals surface area contributed by atoms with Crippen LogP contribution in [0.1, 0.15) is 50.7 Å². The molecule has 0 spiro atoms. The first-order valence-corrected chi connectivity index (χ1v) is 10.5. The number of hydrogen-bond donors (Lipinski definition) is 0. The van der Waals surface area contributed by atoms with E-state index in [1.165, 1.54) is 12.1 Å². The van der Waals surface area contributed by atoms with Gasteiger partial charge >= 0.3 is 12.1 Å². The van der Waals surface area contributed by atoms with Gasteiger partial charge in [0.2, 0.25) is 0 Å². The summed E-state index contributed by atoms with van der Waals surface area (Å²) in [6, 6.07) is 5.38. The summed E-state index contributed by atoms with van der Waals surface area (Å²) in [6.45, 7) is 5.70. The second-order valence-electron chi connectivity index (χ2n) is 6.49. The van der Waals surface area contributed by atoms with Crippen LogP contribution in [0.2, 0.25) is 0 Å². The van der Waals surface area contributed by atoms with E-state index < -0.39 is 29.5 Å². The minimum absolute atomic E-state index is 0.0444. The number of carbonyl (C=O) groups is 1. The minimum atomic E-state index is -4.53. The van der Waals surface area contributed by atoms with Gasteiger partial charge in [0.25, 0.3) is 0 Å². The van der Waals surface area contributed by atoms with Crippen molar-refractivity contribution in [2.24, 2.45) is 16.1 Å². The lowest BCUT2D eigenvalue weighted by atomic mass is 9.76. The Balaban J connectivity index is 2.52. The topological polar surface area (TPSA) is 51.0 Å². The fourth-order valence-electron chi connectivity index (χ4n) is 3.21. The van der Waals surface area contributed by atoms with Crippen LogP contribution >= 0.6 is 11.8 Å². The number of hydrogen-bond acceptors (Lipinski definition) is 5. The second kappa shape index (κ2) is 10.1. The molecule has 0 aliphatic carbocycles. The van der Waals surface area contributed by atoms with E-state index in [0.717, 1.165) is 11.8 Å². The van der Waals surface area contributed by atoms with Crippen LogP contribution in [0.3, 0.4) is 0 Å². The maximum atomic E-state index is 13.7. The van der Waals surface area contributed by atoms with Gasteiger partial charge in [0, 0.05) is 5.92 Å². The molecule has 0 N–H and O–H groups in total. The zero-order valence-corrected chi connectivity index (χ0v) is 17.1. The largest absolute Gasteiger partial charge is 0.465 e. The van der Waals surface area contributed by atoms with Crippen LogP contribution in [-0.4, -0.2) is 35.5 Å². The Morgan fingerprint density at radius 1 is 1.21 bits per heavy atom. The molecule has 0 amide bonds. The molecule has 1 aromatic carbocycles. The van der Waals surface area contributed by atoms with Crippen molar-refractivity contribution in [3.05, 3.63) is 35.4 Å². The molecule has 28 heavy (non-hydrogen) atoms. The van der Waals surface area contributed by atoms with Gasteiger partial charge in [-0.25, -0.2) is 0 Å². The van der Waals surface area contributed by atoms with Crippen molar-refractivity contribution in [2.75, 3.05) is 18.1 Å². The van der Waals surface area contributed by atoms with Crippen molar-refractivity contribution in [3.8, 4) is 0 Å². The normalized spacial score (nSPS) is 19.8. The number of ether oxygens (including phenoxy) is 1. The molecule has 0 saturated heterocycles. The molecule has 0 radical (unpaired) electrons. The lowest BCUT2D eigenvalue weighted by Crippen LogP contribution is -2.38. The molecule has 0 aromatic heterocycles. The lowest BCUT2D eigenvalue weighted by Gasteiger charge is -2.31. The van der Waals surface area contributed by atoms with Crippen molar-refractivity contribution in [1.82, 2.24) is 0 Å². The quantitative estimate of drug-likeness (QED) is 0.427. The SMILES string of the molecule is CCCOC(=O)C1C(C)=NN=C(CCSCC)C1c1ccccc1C(F)(F)F. The molecule has 4 nitrogen and oxygen atoms in total. The van der Waals surface area contributed by atoms with Gasteiger partial charge < -0.3 is 4.74 Å². The van der Waals surface area contributed by atoms with Gasteiger partial charge in [0.1, 0.15) is 5.92 Å². The second-order valence-corrected chi connectivity index (χ2v) is 7.88. The van der Waals surface area contributed by atoms with E-state index in [2.05, 4.69) is 10.2 Å². The van der Waals surface area contributed by atoms with Crippen molar-refractivity contribution in [1.29, 1.82) is 0 Å². The van der Waals surface area contributed by atoms with Gasteiger partial charge in [-0.1, -0.05) is 32.0 Å². The molecule has 1 aromatic rings. The Hall–Kier alpha value is -1.83. The van der Waals surface area contributed by atoms with Crippen LogP contribution in [0.25, 0.3) is 0 Å². The summed E-state index contributed by atoms with van der Waals surface area (Å²) in [5, 5.41) is 8.27. The summed E-state index contributed by atoms with van der Waals surface area (Å²) >= 11 is 1.67. The third kappa shape index (κ3) is 5.37. The molecule has 154 valence electrons. The van der Waals surface area contributed by atoms with Crippen LogP contribution < -0.4 is 0 Å². The molecule has 1 heterocycles. The van der Waals surface area contributed by atoms with E-state index in [-0.39, 0.29) is 12.2 Å². The van der Waals surface area contributed by atoms with E-state index >= 15 is 0 Å². The molecule has 1 aliphatic heterocycles. The maximum Gasteiger partial charge on any atom is 0.416 e. The molecular weight excluding hydrogens is 389 g/mol. The highest BCUT2D eigenvalue weighted by atomic mass is 32.2. The summed E-state index contributed by atoms with van der Waals surface area (Å²) in [7, 11) is 0. The van der Waals surface area contributed by atoms with E-state index in [9.17, 15) is 18.0 Å². The minimum Gasteiger partial charge on any atom is -0.465 e. The fraction of sp³-hybridized carbons (Fsp3) is 0.550. The van der Waals surface area contributed by atoms with Gasteiger partial charge in [-0.15, -0.1) is 0 Å². The highest BCUT2D eigenvalue weighted by Crippen LogP contribution is 2.41. The first kappa shape index (κ1) is 22.5. The summed E-state index contributed by atoms with van der Waals surface area (Å²) in [5.41, 5.74) is 0.151. The van der Waals surface area contributed by atoms with Crippen molar-refractivity contribution >= 4 is 29.2 Å². The number of rotatable bonds is 8. The highest BCUT2D eigenvalue weighted by Gasteiger charge is 2.43. The summed E-state index contributed by atoms with van der Waals surface area (Å²) in [6.07, 6.45) is -3.43. The maximum absolute atomic E-state index is 13.7. The van der Waals surface area contributed by atoms with Crippen LogP contribution in [0.15, 0.2) is 34.5 Å². The van der Waals surface area contributed by atoms with Crippen molar-refractivity contribution < 1.29 is 22.7 Å². The van der Waals surface area contributed by atoms with Crippen LogP contribution in [-0.2, 0) is 15.7 Å². The predicted octanol–water partition coefficient (Wildman–Crippen LogP) is 5.33. The smallest absolute Gasteiger partial charge is 0.416 e. The molecule has 8 heteroatoms. The van der Waals surface area contributed by atoms with Gasteiger partial charge in [0.15, 0.2) is 0 Å². The third-order valence-electron chi connectivity index (χ3n) is 4.49. The number of halogens is 3. The number of benzene rings is 1. The monoisotopic (exact) mass is 414 g/mol. The lowest BCUT2D eigenvalue weighted by molar-refractivity contribution is -0.147. The molecule has 0 saturated carbocycles. The van der Waals surface area contributed by atoms with Crippen LogP contribution in [0.4, 0.5) is 13.2 Å². The molecule has 2 rings (SSSR count). The Morgan fingerprint density at radius 2 is 1.93 bits per heavy atom. The number of alkyl halides is 3. The zero-order valence-electron chi connectivity index (χ0n) is 16.3. The first-order valence-electron chi connectivity index (χ1n) is 9.32. The van der Waals surface area contributed by atoms with E-state index in [1.54, 1.807) is 24.8 Å². The number of esters is 1. The number of carbonyl (C=O) groups excluding carboxylic acids is 1. The van der Waals surface area contributed by atoms with Gasteiger partial charge in [-0.05, 0) is 42.9 Å². The predicted molar refractivity (Wildman–Crippen MR) is 107 cm³/mol. The standard InChI is InChI=1S/C20H25F3N2O2S/c1-4-11-27-19(26)17-13(3)24-25-16(10-12-28-5-2)18(17)14-8-6-7-9-15(14)20(21,22)23/h6-9,17-18H,4-5,10-12H2,1-3H3.